The second-order valence-electron chi connectivity index (χ2n) is 1.65. The summed E-state index contributed by atoms with van der Waals surface area (Å²) in [6.07, 6.45) is 0. The fourth-order valence-corrected chi connectivity index (χ4v) is 2.40. The molecule has 0 radical (unpaired) electrons. The number of hydrogen-bond donors (Lipinski definition) is 0. The van der Waals surface area contributed by atoms with E-state index < -0.39 is 0 Å². The van der Waals surface area contributed by atoms with Crippen LogP contribution in [0.5, 0.6) is 0 Å². The van der Waals surface area contributed by atoms with Gasteiger partial charge in [-0.3, -0.25) is 0 Å². The molecule has 1 aliphatic heterocycles. The van der Waals surface area contributed by atoms with E-state index in [1.54, 1.807) is 22.3 Å². The van der Waals surface area contributed by atoms with Gasteiger partial charge in [-0.25, -0.2) is 0 Å². The fraction of sp³-hybridized carbons (Fsp3) is 0. The van der Waals surface area contributed by atoms with Gasteiger partial charge in [0.25, 0.3) is 0 Å². The highest BCUT2D eigenvalue weighted by atomic mass is 32.1. The third-order valence-corrected chi connectivity index (χ3v) is 2.67. The van der Waals surface area contributed by atoms with Crippen LogP contribution in [0.2, 0.25) is 0 Å². The van der Waals surface area contributed by atoms with Crippen molar-refractivity contribution in [1.29, 1.82) is 0 Å². The SMILES string of the molecule is C1=S=Cc2cscc21. The predicted octanol–water partition coefficient (Wildman–Crippen LogP) is 1.80. The van der Waals surface area contributed by atoms with Crippen LogP contribution in [-0.2, 0) is 0 Å². The second kappa shape index (κ2) is 1.57. The summed E-state index contributed by atoms with van der Waals surface area (Å²) in [5.74, 6) is 0. The van der Waals surface area contributed by atoms with E-state index >= 15 is 0 Å². The Labute approximate surface area is 55.3 Å². The summed E-state index contributed by atoms with van der Waals surface area (Å²) in [6.45, 7) is 0. The lowest BCUT2D eigenvalue weighted by Crippen LogP contribution is -1.72. The van der Waals surface area contributed by atoms with Gasteiger partial charge in [-0.15, -0.1) is 0 Å². The lowest BCUT2D eigenvalue weighted by Gasteiger charge is -1.76. The summed E-state index contributed by atoms with van der Waals surface area (Å²) in [5.41, 5.74) is 2.78. The van der Waals surface area contributed by atoms with Gasteiger partial charge in [-0.2, -0.15) is 22.3 Å². The van der Waals surface area contributed by atoms with E-state index in [2.05, 4.69) is 21.5 Å². The van der Waals surface area contributed by atoms with Crippen LogP contribution >= 0.6 is 22.3 Å². The van der Waals surface area contributed by atoms with Gasteiger partial charge in [0.1, 0.15) is 0 Å². The summed E-state index contributed by atoms with van der Waals surface area (Å²) in [7, 11) is 1.77. The van der Waals surface area contributed by atoms with Crippen LogP contribution < -0.4 is 0 Å². The lowest BCUT2D eigenvalue weighted by molar-refractivity contribution is 1.91. The first kappa shape index (κ1) is 4.53. The molecular weight excluding hydrogens is 136 g/mol. The molecule has 0 N–H and O–H groups in total. The molecule has 0 saturated heterocycles. The van der Waals surface area contributed by atoms with Gasteiger partial charge in [-0.05, 0) is 21.5 Å². The van der Waals surface area contributed by atoms with Gasteiger partial charge < -0.3 is 0 Å². The maximum Gasteiger partial charge on any atom is 0.00305 e. The van der Waals surface area contributed by atoms with E-state index in [4.69, 9.17) is 0 Å². The van der Waals surface area contributed by atoms with Crippen molar-refractivity contribution in [2.24, 2.45) is 0 Å². The fourth-order valence-electron chi connectivity index (χ4n) is 0.689. The summed E-state index contributed by atoms with van der Waals surface area (Å²) < 4.78 is 0. The number of fused-ring (bicyclic) bond motifs is 1. The van der Waals surface area contributed by atoms with Crippen molar-refractivity contribution in [3.8, 4) is 0 Å². The Morgan fingerprint density at radius 3 is 2.25 bits per heavy atom. The van der Waals surface area contributed by atoms with E-state index in [-0.39, 0.29) is 0 Å². The monoisotopic (exact) mass is 140 g/mol. The van der Waals surface area contributed by atoms with Crippen LogP contribution in [0.3, 0.4) is 0 Å². The van der Waals surface area contributed by atoms with Gasteiger partial charge in [0, 0.05) is 11.1 Å². The zero-order valence-electron chi connectivity index (χ0n) is 4.13. The maximum atomic E-state index is 2.17. The number of rotatable bonds is 0. The first-order valence-electron chi connectivity index (χ1n) is 2.35. The largest absolute Gasteiger partial charge is 0.151 e. The standard InChI is InChI=1S/C6H4S2/c1-5-2-8-4-6(5)3-7-1/h1-4H. The van der Waals surface area contributed by atoms with Crippen molar-refractivity contribution in [1.82, 2.24) is 0 Å². The third kappa shape index (κ3) is 0.501. The van der Waals surface area contributed by atoms with Crippen LogP contribution in [0.1, 0.15) is 11.1 Å². The predicted molar refractivity (Wildman–Crippen MR) is 42.2 cm³/mol. The van der Waals surface area contributed by atoms with E-state index in [1.807, 2.05) is 0 Å². The molecular formula is C6H4S2. The molecule has 0 fully saturated rings. The van der Waals surface area contributed by atoms with Crippen LogP contribution in [0, 0.1) is 0 Å². The molecule has 2 heterocycles. The smallest absolute Gasteiger partial charge is 0.00305 e. The van der Waals surface area contributed by atoms with E-state index in [0.717, 1.165) is 0 Å². The molecule has 8 heavy (non-hydrogen) atoms. The topological polar surface area (TPSA) is 0 Å². The zero-order chi connectivity index (χ0) is 5.40. The van der Waals surface area contributed by atoms with Crippen molar-refractivity contribution >= 4 is 33.0 Å². The lowest BCUT2D eigenvalue weighted by atomic mass is 10.2. The average molecular weight is 140 g/mol. The van der Waals surface area contributed by atoms with Gasteiger partial charge in [0.15, 0.2) is 0 Å². The molecule has 0 spiro atoms. The Morgan fingerprint density at radius 1 is 1.00 bits per heavy atom. The minimum Gasteiger partial charge on any atom is -0.151 e. The Kier molecular flexibility index (Phi) is 0.889. The van der Waals surface area contributed by atoms with Gasteiger partial charge in [0.2, 0.25) is 0 Å². The van der Waals surface area contributed by atoms with E-state index in [0.29, 0.717) is 0 Å². The van der Waals surface area contributed by atoms with Gasteiger partial charge in [0.05, 0.1) is 0 Å². The van der Waals surface area contributed by atoms with Crippen molar-refractivity contribution in [3.63, 3.8) is 0 Å². The number of hydrogen-bond acceptors (Lipinski definition) is 1. The molecule has 0 unspecified atom stereocenters. The molecule has 0 atom stereocenters. The molecule has 1 aromatic heterocycles. The average Bonchev–Trinajstić information content (AvgIpc) is 2.15. The van der Waals surface area contributed by atoms with Gasteiger partial charge >= 0.3 is 0 Å². The van der Waals surface area contributed by atoms with Crippen LogP contribution in [0.15, 0.2) is 10.8 Å². The molecule has 0 bridgehead atoms. The van der Waals surface area contributed by atoms with E-state index in [1.165, 1.54) is 11.1 Å². The summed E-state index contributed by atoms with van der Waals surface area (Å²) >= 11 is 1.77. The van der Waals surface area contributed by atoms with Gasteiger partial charge in [-0.1, -0.05) is 0 Å². The quantitative estimate of drug-likeness (QED) is 0.489. The summed E-state index contributed by atoms with van der Waals surface area (Å²) in [6, 6.07) is 0. The molecule has 0 aromatic carbocycles. The molecule has 1 aliphatic rings. The van der Waals surface area contributed by atoms with Crippen LogP contribution in [0.4, 0.5) is 0 Å². The van der Waals surface area contributed by atoms with Crippen molar-refractivity contribution in [2.45, 2.75) is 0 Å². The highest BCUT2D eigenvalue weighted by molar-refractivity contribution is 7.97. The Morgan fingerprint density at radius 2 is 1.62 bits per heavy atom. The highest BCUT2D eigenvalue weighted by Crippen LogP contribution is 2.14. The highest BCUT2D eigenvalue weighted by Gasteiger charge is 1.98. The minimum atomic E-state index is 1.39. The first-order chi connectivity index (χ1) is 3.97. The molecule has 0 aliphatic carbocycles. The number of thiophene rings is 1. The molecule has 40 valence electrons. The zero-order valence-corrected chi connectivity index (χ0v) is 5.76. The van der Waals surface area contributed by atoms with Crippen molar-refractivity contribution < 1.29 is 0 Å². The normalized spacial score (nSPS) is 13.5. The van der Waals surface area contributed by atoms with Crippen molar-refractivity contribution in [3.05, 3.63) is 21.9 Å². The Balaban J connectivity index is 2.78. The third-order valence-electron chi connectivity index (χ3n) is 1.11. The molecule has 2 rings (SSSR count). The Bertz CT molecular complexity index is 241. The molecule has 0 nitrogen and oxygen atoms in total. The molecule has 0 saturated carbocycles. The molecule has 0 amide bonds. The summed E-state index contributed by atoms with van der Waals surface area (Å²) in [5, 5.41) is 8.69. The Hall–Kier alpha value is -0.340. The first-order valence-corrected chi connectivity index (χ1v) is 4.23. The van der Waals surface area contributed by atoms with Crippen molar-refractivity contribution in [2.75, 3.05) is 0 Å². The maximum absolute atomic E-state index is 2.17. The molecule has 1 aromatic rings. The molecule has 2 heteroatoms. The second-order valence-corrected chi connectivity index (χ2v) is 3.14. The minimum absolute atomic E-state index is 1.39. The van der Waals surface area contributed by atoms with E-state index in [9.17, 15) is 0 Å². The van der Waals surface area contributed by atoms with Crippen LogP contribution in [-0.4, -0.2) is 10.7 Å². The van der Waals surface area contributed by atoms with Crippen LogP contribution in [0.25, 0.3) is 0 Å². The summed E-state index contributed by atoms with van der Waals surface area (Å²) in [4.78, 5) is 0.